The van der Waals surface area contributed by atoms with Gasteiger partial charge in [-0.1, -0.05) is 23.8 Å². The smallest absolute Gasteiger partial charge is 0.272 e. The largest absolute Gasteiger partial charge is 0.335 e. The van der Waals surface area contributed by atoms with Crippen molar-refractivity contribution in [1.29, 1.82) is 0 Å². The van der Waals surface area contributed by atoms with Crippen molar-refractivity contribution in [3.05, 3.63) is 58.9 Å². The van der Waals surface area contributed by atoms with E-state index < -0.39 is 10.0 Å². The molecule has 0 aliphatic carbocycles. The van der Waals surface area contributed by atoms with Gasteiger partial charge in [-0.2, -0.15) is 4.31 Å². The number of hydrogen-bond acceptors (Lipinski definition) is 4. The number of carbonyl (C=O) groups excluding carboxylic acids is 1. The van der Waals surface area contributed by atoms with Gasteiger partial charge in [0.15, 0.2) is 0 Å². The number of sulfonamides is 1. The number of benzene rings is 1. The molecule has 138 valence electrons. The van der Waals surface area contributed by atoms with Crippen molar-refractivity contribution in [3.8, 4) is 0 Å². The van der Waals surface area contributed by atoms with Crippen molar-refractivity contribution in [3.63, 3.8) is 0 Å². The van der Waals surface area contributed by atoms with Gasteiger partial charge in [-0.3, -0.25) is 4.79 Å². The molecule has 0 bridgehead atoms. The fourth-order valence-corrected chi connectivity index (χ4v) is 4.81. The van der Waals surface area contributed by atoms with Crippen LogP contribution in [0, 0.1) is 20.8 Å². The van der Waals surface area contributed by atoms with Crippen molar-refractivity contribution < 1.29 is 13.2 Å². The monoisotopic (exact) mass is 373 g/mol. The summed E-state index contributed by atoms with van der Waals surface area (Å²) in [6.07, 6.45) is 0. The van der Waals surface area contributed by atoms with Crippen LogP contribution in [0.3, 0.4) is 0 Å². The molecule has 6 nitrogen and oxygen atoms in total. The highest BCUT2D eigenvalue weighted by Gasteiger charge is 2.31. The Balaban J connectivity index is 1.72. The Morgan fingerprint density at radius 2 is 1.69 bits per heavy atom. The van der Waals surface area contributed by atoms with Gasteiger partial charge in [0.05, 0.1) is 4.90 Å². The molecule has 1 aliphatic rings. The minimum atomic E-state index is -3.55. The highest BCUT2D eigenvalue weighted by atomic mass is 32.2. The van der Waals surface area contributed by atoms with Crippen molar-refractivity contribution in [1.82, 2.24) is 14.2 Å². The number of aryl methyl sites for hydroxylation is 3. The minimum Gasteiger partial charge on any atom is -0.335 e. The van der Waals surface area contributed by atoms with Crippen molar-refractivity contribution in [2.45, 2.75) is 25.7 Å². The van der Waals surface area contributed by atoms with E-state index in [1.165, 1.54) is 4.31 Å². The van der Waals surface area contributed by atoms with Gasteiger partial charge in [0.1, 0.15) is 5.69 Å². The summed E-state index contributed by atoms with van der Waals surface area (Å²) in [5.41, 5.74) is 2.96. The molecule has 1 aromatic heterocycles. The molecule has 1 amide bonds. The van der Waals surface area contributed by atoms with E-state index in [0.717, 1.165) is 16.8 Å². The third kappa shape index (κ3) is 3.64. The molecule has 0 spiro atoms. The fraction of sp³-hybridized carbons (Fsp3) is 0.368. The first kappa shape index (κ1) is 18.5. The van der Waals surface area contributed by atoms with Crippen molar-refractivity contribution in [2.75, 3.05) is 26.2 Å². The Hall–Kier alpha value is -2.25. The van der Waals surface area contributed by atoms with Crippen LogP contribution in [0.25, 0.3) is 0 Å². The van der Waals surface area contributed by atoms with Crippen LogP contribution in [-0.2, 0) is 10.0 Å². The summed E-state index contributed by atoms with van der Waals surface area (Å²) < 4.78 is 27.3. The summed E-state index contributed by atoms with van der Waals surface area (Å²) in [4.78, 5) is 18.8. The molecule has 2 heterocycles. The van der Waals surface area contributed by atoms with E-state index in [4.69, 9.17) is 0 Å². The maximum absolute atomic E-state index is 12.9. The standard InChI is InChI=1S/C19H23N3O3S/c1-14-7-8-18(15(2)13-14)26(24,25)22-11-9-21(10-12-22)19(23)17-6-4-5-16(3)20-17/h4-8,13H,9-12H2,1-3H3. The molecular weight excluding hydrogens is 350 g/mol. The quantitative estimate of drug-likeness (QED) is 0.827. The number of rotatable bonds is 3. The number of nitrogens with zero attached hydrogens (tertiary/aromatic N) is 3. The van der Waals surface area contributed by atoms with Gasteiger partial charge >= 0.3 is 0 Å². The molecule has 2 aromatic rings. The van der Waals surface area contributed by atoms with Gasteiger partial charge in [-0.15, -0.1) is 0 Å². The Morgan fingerprint density at radius 3 is 2.31 bits per heavy atom. The molecule has 0 atom stereocenters. The molecule has 0 saturated carbocycles. The average Bonchev–Trinajstić information content (AvgIpc) is 2.61. The summed E-state index contributed by atoms with van der Waals surface area (Å²) in [5, 5.41) is 0. The Morgan fingerprint density at radius 1 is 1.00 bits per heavy atom. The molecule has 0 unspecified atom stereocenters. The first-order valence-corrected chi connectivity index (χ1v) is 10.0. The Bertz CT molecular complexity index is 933. The molecule has 0 N–H and O–H groups in total. The zero-order chi connectivity index (χ0) is 18.9. The summed E-state index contributed by atoms with van der Waals surface area (Å²) >= 11 is 0. The van der Waals surface area contributed by atoms with Crippen LogP contribution < -0.4 is 0 Å². The lowest BCUT2D eigenvalue weighted by Crippen LogP contribution is -2.50. The topological polar surface area (TPSA) is 70.6 Å². The average molecular weight is 373 g/mol. The van der Waals surface area contributed by atoms with Crippen molar-refractivity contribution in [2.24, 2.45) is 0 Å². The third-order valence-electron chi connectivity index (χ3n) is 4.58. The fourth-order valence-electron chi connectivity index (χ4n) is 3.18. The normalized spacial score (nSPS) is 15.9. The van der Waals surface area contributed by atoms with Crippen LogP contribution in [0.4, 0.5) is 0 Å². The predicted octanol–water partition coefficient (Wildman–Crippen LogP) is 2.15. The number of amides is 1. The number of hydrogen-bond donors (Lipinski definition) is 0. The second-order valence-corrected chi connectivity index (χ2v) is 8.54. The van der Waals surface area contributed by atoms with Crippen molar-refractivity contribution >= 4 is 15.9 Å². The SMILES string of the molecule is Cc1ccc(S(=O)(=O)N2CCN(C(=O)c3cccc(C)n3)CC2)c(C)c1. The number of carbonyl (C=O) groups is 1. The van der Waals surface area contributed by atoms with Gasteiger partial charge < -0.3 is 4.90 Å². The summed E-state index contributed by atoms with van der Waals surface area (Å²) in [5.74, 6) is -0.155. The number of pyridine rings is 1. The van der Waals surface area contributed by atoms with E-state index in [9.17, 15) is 13.2 Å². The van der Waals surface area contributed by atoms with Crippen LogP contribution in [0.1, 0.15) is 27.3 Å². The lowest BCUT2D eigenvalue weighted by atomic mass is 10.2. The molecular formula is C19H23N3O3S. The van der Waals surface area contributed by atoms with Gasteiger partial charge in [0.25, 0.3) is 5.91 Å². The minimum absolute atomic E-state index is 0.155. The van der Waals surface area contributed by atoms with E-state index >= 15 is 0 Å². The maximum atomic E-state index is 12.9. The van der Waals surface area contributed by atoms with E-state index in [1.54, 1.807) is 23.1 Å². The van der Waals surface area contributed by atoms with Crippen LogP contribution in [0.15, 0.2) is 41.3 Å². The van der Waals surface area contributed by atoms with E-state index in [0.29, 0.717) is 23.7 Å². The Kier molecular flexibility index (Phi) is 5.11. The predicted molar refractivity (Wildman–Crippen MR) is 99.6 cm³/mol. The molecule has 3 rings (SSSR count). The molecule has 7 heteroatoms. The number of piperazine rings is 1. The van der Waals surface area contributed by atoms with Crippen LogP contribution in [0.2, 0.25) is 0 Å². The molecule has 1 saturated heterocycles. The van der Waals surface area contributed by atoms with Crippen LogP contribution in [0.5, 0.6) is 0 Å². The van der Waals surface area contributed by atoms with Gasteiger partial charge in [-0.05, 0) is 44.5 Å². The summed E-state index contributed by atoms with van der Waals surface area (Å²) in [7, 11) is -3.55. The molecule has 0 radical (unpaired) electrons. The van der Waals surface area contributed by atoms with Gasteiger partial charge in [0.2, 0.25) is 10.0 Å². The lowest BCUT2D eigenvalue weighted by Gasteiger charge is -2.34. The second-order valence-electron chi connectivity index (χ2n) is 6.63. The summed E-state index contributed by atoms with van der Waals surface area (Å²) in [6, 6.07) is 10.7. The molecule has 26 heavy (non-hydrogen) atoms. The first-order valence-electron chi connectivity index (χ1n) is 8.59. The van der Waals surface area contributed by atoms with E-state index in [-0.39, 0.29) is 19.0 Å². The Labute approximate surface area is 154 Å². The van der Waals surface area contributed by atoms with Crippen LogP contribution in [-0.4, -0.2) is 54.7 Å². The molecule has 1 aromatic carbocycles. The second kappa shape index (κ2) is 7.17. The van der Waals surface area contributed by atoms with Gasteiger partial charge in [-0.25, -0.2) is 13.4 Å². The lowest BCUT2D eigenvalue weighted by molar-refractivity contribution is 0.0691. The van der Waals surface area contributed by atoms with E-state index in [1.807, 2.05) is 39.0 Å². The van der Waals surface area contributed by atoms with E-state index in [2.05, 4.69) is 4.98 Å². The molecule has 1 aliphatic heterocycles. The summed E-state index contributed by atoms with van der Waals surface area (Å²) in [6.45, 7) is 6.87. The zero-order valence-corrected chi connectivity index (χ0v) is 16.1. The highest BCUT2D eigenvalue weighted by molar-refractivity contribution is 7.89. The highest BCUT2D eigenvalue weighted by Crippen LogP contribution is 2.22. The number of aromatic nitrogens is 1. The van der Waals surface area contributed by atoms with Gasteiger partial charge in [0, 0.05) is 31.9 Å². The molecule has 1 fully saturated rings. The maximum Gasteiger partial charge on any atom is 0.272 e. The van der Waals surface area contributed by atoms with Crippen LogP contribution >= 0.6 is 0 Å². The first-order chi connectivity index (χ1) is 12.3. The zero-order valence-electron chi connectivity index (χ0n) is 15.3. The third-order valence-corrected chi connectivity index (χ3v) is 6.64.